The minimum Gasteiger partial charge on any atom is -0.462 e. The molecule has 24 heavy (non-hydrogen) atoms. The van der Waals surface area contributed by atoms with E-state index in [9.17, 15) is 9.36 Å². The predicted molar refractivity (Wildman–Crippen MR) is 96.4 cm³/mol. The molecule has 0 saturated heterocycles. The van der Waals surface area contributed by atoms with Crippen molar-refractivity contribution in [1.29, 1.82) is 0 Å². The van der Waals surface area contributed by atoms with Gasteiger partial charge >= 0.3 is 5.97 Å². The summed E-state index contributed by atoms with van der Waals surface area (Å²) in [6, 6.07) is 18.0. The molecule has 5 heteroatoms. The zero-order chi connectivity index (χ0) is 17.4. The van der Waals surface area contributed by atoms with Gasteiger partial charge < -0.3 is 9.26 Å². The smallest absolute Gasteiger partial charge is 0.344 e. The standard InChI is InChI=1S/C19H21O4P/c1-3-22-19(20)18(15-16-11-7-5-8-12-16)24(21,23-4-2)17-13-9-6-10-14-17/h5-15H,3-4H2,1-2H3. The van der Waals surface area contributed by atoms with Crippen LogP contribution < -0.4 is 5.30 Å². The molecule has 2 aromatic carbocycles. The highest BCUT2D eigenvalue weighted by atomic mass is 31.2. The molecule has 0 fully saturated rings. The van der Waals surface area contributed by atoms with Gasteiger partial charge in [-0.15, -0.1) is 0 Å². The summed E-state index contributed by atoms with van der Waals surface area (Å²) in [7, 11) is -3.55. The molecule has 0 aliphatic rings. The molecule has 2 rings (SSSR count). The van der Waals surface area contributed by atoms with E-state index in [1.165, 1.54) is 0 Å². The lowest BCUT2D eigenvalue weighted by molar-refractivity contribution is -0.137. The Balaban J connectivity index is 2.60. The van der Waals surface area contributed by atoms with E-state index in [4.69, 9.17) is 9.26 Å². The minimum atomic E-state index is -3.55. The first-order chi connectivity index (χ1) is 11.6. The lowest BCUT2D eigenvalue weighted by atomic mass is 10.2. The van der Waals surface area contributed by atoms with Gasteiger partial charge in [0.15, 0.2) is 0 Å². The van der Waals surface area contributed by atoms with Crippen molar-refractivity contribution in [3.05, 3.63) is 71.5 Å². The van der Waals surface area contributed by atoms with Crippen LogP contribution in [0.25, 0.3) is 6.08 Å². The Kier molecular flexibility index (Phi) is 6.53. The molecular formula is C19H21O4P. The summed E-state index contributed by atoms with van der Waals surface area (Å²) in [4.78, 5) is 12.5. The first-order valence-electron chi connectivity index (χ1n) is 7.86. The average Bonchev–Trinajstić information content (AvgIpc) is 2.61. The van der Waals surface area contributed by atoms with Gasteiger partial charge in [-0.25, -0.2) is 4.79 Å². The molecule has 0 aliphatic carbocycles. The Hall–Kier alpha value is -2.16. The van der Waals surface area contributed by atoms with Crippen LogP contribution >= 0.6 is 7.37 Å². The molecule has 0 bridgehead atoms. The van der Waals surface area contributed by atoms with Crippen molar-refractivity contribution in [2.24, 2.45) is 0 Å². The number of benzene rings is 2. The summed E-state index contributed by atoms with van der Waals surface area (Å²) >= 11 is 0. The van der Waals surface area contributed by atoms with Crippen molar-refractivity contribution < 1.29 is 18.6 Å². The highest BCUT2D eigenvalue weighted by Crippen LogP contribution is 2.54. The Bertz CT molecular complexity index is 738. The maximum Gasteiger partial charge on any atom is 0.344 e. The molecule has 0 radical (unpaired) electrons. The van der Waals surface area contributed by atoms with Gasteiger partial charge in [-0.2, -0.15) is 0 Å². The third-order valence-corrected chi connectivity index (χ3v) is 5.86. The van der Waals surface area contributed by atoms with Crippen molar-refractivity contribution >= 4 is 24.7 Å². The quantitative estimate of drug-likeness (QED) is 0.428. The second-order valence-corrected chi connectivity index (χ2v) is 7.32. The highest BCUT2D eigenvalue weighted by molar-refractivity contribution is 7.72. The van der Waals surface area contributed by atoms with Crippen LogP contribution in [0.1, 0.15) is 19.4 Å². The summed E-state index contributed by atoms with van der Waals surface area (Å²) in [5.41, 5.74) is 0.761. The summed E-state index contributed by atoms with van der Waals surface area (Å²) in [6.45, 7) is 3.89. The van der Waals surface area contributed by atoms with Gasteiger partial charge in [0.1, 0.15) is 5.31 Å². The fourth-order valence-electron chi connectivity index (χ4n) is 2.27. The predicted octanol–water partition coefficient (Wildman–Crippen LogP) is 4.23. The summed E-state index contributed by atoms with van der Waals surface area (Å²) < 4.78 is 24.4. The lowest BCUT2D eigenvalue weighted by Crippen LogP contribution is -2.16. The van der Waals surface area contributed by atoms with E-state index in [-0.39, 0.29) is 18.5 Å². The molecule has 1 atom stereocenters. The van der Waals surface area contributed by atoms with Crippen molar-refractivity contribution in [2.75, 3.05) is 13.2 Å². The van der Waals surface area contributed by atoms with Crippen LogP contribution in [0.15, 0.2) is 66.0 Å². The van der Waals surface area contributed by atoms with E-state index in [2.05, 4.69) is 0 Å². The number of hydrogen-bond acceptors (Lipinski definition) is 4. The van der Waals surface area contributed by atoms with Gasteiger partial charge in [-0.05, 0) is 37.6 Å². The molecule has 4 nitrogen and oxygen atoms in total. The van der Waals surface area contributed by atoms with Gasteiger partial charge in [-0.3, -0.25) is 4.57 Å². The lowest BCUT2D eigenvalue weighted by Gasteiger charge is -2.20. The van der Waals surface area contributed by atoms with Crippen molar-refractivity contribution in [3.63, 3.8) is 0 Å². The second kappa shape index (κ2) is 8.62. The molecule has 0 heterocycles. The van der Waals surface area contributed by atoms with Gasteiger partial charge in [-0.1, -0.05) is 48.5 Å². The van der Waals surface area contributed by atoms with E-state index < -0.39 is 13.3 Å². The van der Waals surface area contributed by atoms with Gasteiger partial charge in [0.2, 0.25) is 0 Å². The summed E-state index contributed by atoms with van der Waals surface area (Å²) in [5.74, 6) is -0.623. The highest BCUT2D eigenvalue weighted by Gasteiger charge is 2.36. The fraction of sp³-hybridized carbons (Fsp3) is 0.211. The third kappa shape index (κ3) is 4.22. The summed E-state index contributed by atoms with van der Waals surface area (Å²) in [5, 5.41) is 0.519. The molecule has 2 aromatic rings. The minimum absolute atomic E-state index is 0.0450. The topological polar surface area (TPSA) is 52.6 Å². The Morgan fingerprint density at radius 3 is 2.08 bits per heavy atom. The van der Waals surface area contributed by atoms with Crippen LogP contribution in [-0.4, -0.2) is 19.2 Å². The Morgan fingerprint density at radius 2 is 1.54 bits per heavy atom. The fourth-order valence-corrected chi connectivity index (χ4v) is 4.38. The summed E-state index contributed by atoms with van der Waals surface area (Å²) in [6.07, 6.45) is 1.58. The van der Waals surface area contributed by atoms with E-state index in [0.717, 1.165) is 5.56 Å². The molecule has 0 spiro atoms. The number of carbonyl (C=O) groups is 1. The average molecular weight is 344 g/mol. The van der Waals surface area contributed by atoms with E-state index in [0.29, 0.717) is 5.30 Å². The van der Waals surface area contributed by atoms with E-state index in [1.807, 2.05) is 36.4 Å². The van der Waals surface area contributed by atoms with Crippen LogP contribution in [0.3, 0.4) is 0 Å². The Labute approximate surface area is 142 Å². The Morgan fingerprint density at radius 1 is 0.958 bits per heavy atom. The maximum atomic E-state index is 13.6. The van der Waals surface area contributed by atoms with Crippen LogP contribution in [0.2, 0.25) is 0 Å². The largest absolute Gasteiger partial charge is 0.462 e. The van der Waals surface area contributed by atoms with Crippen LogP contribution in [-0.2, 0) is 18.6 Å². The SMILES string of the molecule is CCOC(=O)C(=Cc1ccccc1)P(=O)(OCC)c1ccccc1. The van der Waals surface area contributed by atoms with Crippen molar-refractivity contribution in [2.45, 2.75) is 13.8 Å². The molecule has 0 N–H and O–H groups in total. The van der Waals surface area contributed by atoms with Crippen molar-refractivity contribution in [3.8, 4) is 0 Å². The van der Waals surface area contributed by atoms with Gasteiger partial charge in [0.25, 0.3) is 7.37 Å². The third-order valence-electron chi connectivity index (χ3n) is 3.31. The number of ether oxygens (including phenoxy) is 1. The zero-order valence-corrected chi connectivity index (χ0v) is 14.7. The molecule has 0 aliphatic heterocycles. The first-order valence-corrected chi connectivity index (χ1v) is 9.49. The van der Waals surface area contributed by atoms with Gasteiger partial charge in [0, 0.05) is 5.30 Å². The molecule has 126 valence electrons. The molecule has 0 amide bonds. The maximum absolute atomic E-state index is 13.6. The van der Waals surface area contributed by atoms with E-state index >= 15 is 0 Å². The normalized spacial score (nSPS) is 14.0. The number of hydrogen-bond donors (Lipinski definition) is 0. The number of esters is 1. The molecular weight excluding hydrogens is 323 g/mol. The van der Waals surface area contributed by atoms with Crippen LogP contribution in [0.5, 0.6) is 0 Å². The van der Waals surface area contributed by atoms with Crippen molar-refractivity contribution in [1.82, 2.24) is 0 Å². The van der Waals surface area contributed by atoms with Crippen LogP contribution in [0.4, 0.5) is 0 Å². The molecule has 0 aromatic heterocycles. The monoisotopic (exact) mass is 344 g/mol. The first kappa shape index (κ1) is 18.2. The second-order valence-electron chi connectivity index (χ2n) is 4.97. The van der Waals surface area contributed by atoms with Crippen LogP contribution in [0, 0.1) is 0 Å². The van der Waals surface area contributed by atoms with Gasteiger partial charge in [0.05, 0.1) is 13.2 Å². The van der Waals surface area contributed by atoms with E-state index in [1.54, 1.807) is 44.2 Å². The molecule has 0 saturated carbocycles. The molecule has 1 unspecified atom stereocenters. The number of rotatable bonds is 7. The number of carbonyl (C=O) groups excluding carboxylic acids is 1. The zero-order valence-electron chi connectivity index (χ0n) is 13.8.